The Morgan fingerprint density at radius 3 is 2.63 bits per heavy atom. The van der Waals surface area contributed by atoms with E-state index in [0.29, 0.717) is 34.0 Å². The number of nitrogens with zero attached hydrogens (tertiary/aromatic N) is 3. The molecule has 0 atom stereocenters. The standard InChI is InChI=1S/C22H22N4O3S/c1-13-5-6-14(2)17(9-13)26-8-7-23-22(26)30-12-20-24-16-11-19(29-4)18(28-3)10-15(16)21(27)25-20/h5-11H,12H2,1-4H3,(H,24,25,27). The summed E-state index contributed by atoms with van der Waals surface area (Å²) in [6.45, 7) is 4.15. The maximum absolute atomic E-state index is 12.6. The molecule has 0 spiro atoms. The largest absolute Gasteiger partial charge is 0.493 e. The second kappa shape index (κ2) is 8.23. The Balaban J connectivity index is 1.64. The van der Waals surface area contributed by atoms with Gasteiger partial charge in [-0.1, -0.05) is 23.9 Å². The van der Waals surface area contributed by atoms with E-state index in [1.807, 2.05) is 6.20 Å². The number of aromatic amines is 1. The molecule has 0 radical (unpaired) electrons. The summed E-state index contributed by atoms with van der Waals surface area (Å²) in [7, 11) is 3.09. The molecule has 0 aliphatic heterocycles. The molecule has 4 aromatic rings. The molecule has 1 N–H and O–H groups in total. The fourth-order valence-electron chi connectivity index (χ4n) is 3.27. The van der Waals surface area contributed by atoms with Gasteiger partial charge in [0.15, 0.2) is 16.7 Å². The number of hydrogen-bond donors (Lipinski definition) is 1. The number of thioether (sulfide) groups is 1. The van der Waals surface area contributed by atoms with Crippen molar-refractivity contribution in [3.8, 4) is 17.2 Å². The first-order chi connectivity index (χ1) is 14.5. The summed E-state index contributed by atoms with van der Waals surface area (Å²) in [6.07, 6.45) is 3.72. The normalized spacial score (nSPS) is 11.1. The van der Waals surface area contributed by atoms with Crippen LogP contribution in [0.25, 0.3) is 16.6 Å². The van der Waals surface area contributed by atoms with Gasteiger partial charge in [0.25, 0.3) is 5.56 Å². The van der Waals surface area contributed by atoms with Crippen LogP contribution in [0.4, 0.5) is 0 Å². The van der Waals surface area contributed by atoms with E-state index in [-0.39, 0.29) is 5.56 Å². The van der Waals surface area contributed by atoms with Crippen LogP contribution in [0.3, 0.4) is 0 Å². The Labute approximate surface area is 178 Å². The molecule has 0 fully saturated rings. The third-order valence-electron chi connectivity index (χ3n) is 4.83. The van der Waals surface area contributed by atoms with E-state index in [9.17, 15) is 4.79 Å². The van der Waals surface area contributed by atoms with Crippen LogP contribution in [0.15, 0.2) is 52.7 Å². The Morgan fingerprint density at radius 1 is 1.10 bits per heavy atom. The van der Waals surface area contributed by atoms with Gasteiger partial charge in [-0.05, 0) is 37.1 Å². The topological polar surface area (TPSA) is 82.0 Å². The van der Waals surface area contributed by atoms with Gasteiger partial charge in [0.2, 0.25) is 0 Å². The van der Waals surface area contributed by atoms with Crippen LogP contribution in [0.1, 0.15) is 17.0 Å². The van der Waals surface area contributed by atoms with Crippen LogP contribution in [-0.4, -0.2) is 33.7 Å². The van der Waals surface area contributed by atoms with E-state index in [1.54, 1.807) is 25.4 Å². The predicted octanol–water partition coefficient (Wildman–Crippen LogP) is 4.04. The molecule has 7 nitrogen and oxygen atoms in total. The summed E-state index contributed by atoms with van der Waals surface area (Å²) in [4.78, 5) is 24.5. The molecule has 0 aliphatic carbocycles. The van der Waals surface area contributed by atoms with E-state index < -0.39 is 0 Å². The quantitative estimate of drug-likeness (QED) is 0.473. The molecule has 2 heterocycles. The van der Waals surface area contributed by atoms with Gasteiger partial charge in [-0.3, -0.25) is 9.36 Å². The fraction of sp³-hybridized carbons (Fsp3) is 0.227. The van der Waals surface area contributed by atoms with Crippen LogP contribution in [0, 0.1) is 13.8 Å². The highest BCUT2D eigenvalue weighted by Gasteiger charge is 2.13. The molecular formula is C22H22N4O3S. The Morgan fingerprint density at radius 2 is 1.87 bits per heavy atom. The van der Waals surface area contributed by atoms with Crippen LogP contribution in [0.5, 0.6) is 11.5 Å². The van der Waals surface area contributed by atoms with Crippen LogP contribution in [0.2, 0.25) is 0 Å². The average Bonchev–Trinajstić information content (AvgIpc) is 3.21. The zero-order chi connectivity index (χ0) is 21.3. The van der Waals surface area contributed by atoms with Gasteiger partial charge >= 0.3 is 0 Å². The summed E-state index contributed by atoms with van der Waals surface area (Å²) >= 11 is 1.51. The maximum Gasteiger partial charge on any atom is 0.258 e. The molecule has 0 amide bonds. The summed E-state index contributed by atoms with van der Waals surface area (Å²) in [6, 6.07) is 9.69. The van der Waals surface area contributed by atoms with Gasteiger partial charge in [-0.2, -0.15) is 0 Å². The van der Waals surface area contributed by atoms with Crippen LogP contribution >= 0.6 is 11.8 Å². The molecule has 30 heavy (non-hydrogen) atoms. The molecular weight excluding hydrogens is 400 g/mol. The van der Waals surface area contributed by atoms with Crippen molar-refractivity contribution in [1.82, 2.24) is 19.5 Å². The number of fused-ring (bicyclic) bond motifs is 1. The number of nitrogens with one attached hydrogen (secondary N) is 1. The molecule has 4 rings (SSSR count). The minimum Gasteiger partial charge on any atom is -0.493 e. The minimum atomic E-state index is -0.213. The first-order valence-electron chi connectivity index (χ1n) is 9.39. The van der Waals surface area contributed by atoms with Gasteiger partial charge in [0.1, 0.15) is 5.82 Å². The number of rotatable bonds is 6. The van der Waals surface area contributed by atoms with Crippen LogP contribution < -0.4 is 15.0 Å². The van der Waals surface area contributed by atoms with E-state index in [1.165, 1.54) is 30.0 Å². The fourth-order valence-corrected chi connectivity index (χ4v) is 4.11. The SMILES string of the molecule is COc1cc2nc(CSc3nccn3-c3cc(C)ccc3C)[nH]c(=O)c2cc1OC. The lowest BCUT2D eigenvalue weighted by Crippen LogP contribution is -2.12. The second-order valence-electron chi connectivity index (χ2n) is 6.90. The summed E-state index contributed by atoms with van der Waals surface area (Å²) in [5.41, 5.74) is 3.79. The van der Waals surface area contributed by atoms with Crippen molar-refractivity contribution in [1.29, 1.82) is 0 Å². The summed E-state index contributed by atoms with van der Waals surface area (Å²) in [5.74, 6) is 2.07. The Bertz CT molecular complexity index is 1280. The number of imidazole rings is 1. The summed E-state index contributed by atoms with van der Waals surface area (Å²) < 4.78 is 12.7. The lowest BCUT2D eigenvalue weighted by molar-refractivity contribution is 0.355. The predicted molar refractivity (Wildman–Crippen MR) is 118 cm³/mol. The van der Waals surface area contributed by atoms with Crippen molar-refractivity contribution in [3.05, 3.63) is 70.0 Å². The number of aryl methyl sites for hydroxylation is 2. The second-order valence-corrected chi connectivity index (χ2v) is 7.84. The first-order valence-corrected chi connectivity index (χ1v) is 10.4. The van der Waals surface area contributed by atoms with E-state index in [0.717, 1.165) is 10.8 Å². The zero-order valence-corrected chi connectivity index (χ0v) is 18.0. The number of hydrogen-bond acceptors (Lipinski definition) is 6. The zero-order valence-electron chi connectivity index (χ0n) is 17.2. The van der Waals surface area contributed by atoms with Crippen molar-refractivity contribution < 1.29 is 9.47 Å². The minimum absolute atomic E-state index is 0.213. The highest BCUT2D eigenvalue weighted by molar-refractivity contribution is 7.98. The third kappa shape index (κ3) is 3.78. The van der Waals surface area contributed by atoms with Gasteiger partial charge in [0.05, 0.1) is 36.6 Å². The van der Waals surface area contributed by atoms with Crippen molar-refractivity contribution in [2.75, 3.05) is 14.2 Å². The molecule has 0 saturated carbocycles. The molecule has 0 unspecified atom stereocenters. The van der Waals surface area contributed by atoms with Gasteiger partial charge in [0, 0.05) is 18.5 Å². The van der Waals surface area contributed by atoms with Gasteiger partial charge in [-0.25, -0.2) is 9.97 Å². The smallest absolute Gasteiger partial charge is 0.258 e. The molecule has 0 saturated heterocycles. The number of aromatic nitrogens is 4. The Kier molecular flexibility index (Phi) is 5.50. The molecule has 2 aromatic carbocycles. The molecule has 0 bridgehead atoms. The number of ether oxygens (including phenoxy) is 2. The maximum atomic E-state index is 12.6. The molecule has 8 heteroatoms. The lowest BCUT2D eigenvalue weighted by atomic mass is 10.1. The van der Waals surface area contributed by atoms with E-state index >= 15 is 0 Å². The third-order valence-corrected chi connectivity index (χ3v) is 5.81. The first kappa shape index (κ1) is 20.0. The lowest BCUT2D eigenvalue weighted by Gasteiger charge is -2.12. The number of benzene rings is 2. The molecule has 2 aromatic heterocycles. The van der Waals surface area contributed by atoms with Gasteiger partial charge < -0.3 is 14.5 Å². The monoisotopic (exact) mass is 422 g/mol. The molecule has 154 valence electrons. The summed E-state index contributed by atoms with van der Waals surface area (Å²) in [5, 5.41) is 1.29. The Hall–Kier alpha value is -3.26. The molecule has 0 aliphatic rings. The average molecular weight is 423 g/mol. The van der Waals surface area contributed by atoms with E-state index in [2.05, 4.69) is 51.6 Å². The van der Waals surface area contributed by atoms with Crippen molar-refractivity contribution in [3.63, 3.8) is 0 Å². The van der Waals surface area contributed by atoms with Crippen molar-refractivity contribution in [2.45, 2.75) is 24.8 Å². The van der Waals surface area contributed by atoms with Crippen LogP contribution in [-0.2, 0) is 5.75 Å². The highest BCUT2D eigenvalue weighted by Crippen LogP contribution is 2.30. The van der Waals surface area contributed by atoms with Crippen molar-refractivity contribution >= 4 is 22.7 Å². The number of H-pyrrole nitrogens is 1. The van der Waals surface area contributed by atoms with Gasteiger partial charge in [-0.15, -0.1) is 0 Å². The van der Waals surface area contributed by atoms with E-state index in [4.69, 9.17) is 9.47 Å². The van der Waals surface area contributed by atoms with Crippen molar-refractivity contribution in [2.24, 2.45) is 0 Å². The number of methoxy groups -OCH3 is 2. The highest BCUT2D eigenvalue weighted by atomic mass is 32.2.